The minimum Gasteiger partial charge on any atom is -0.294 e. The van der Waals surface area contributed by atoms with Crippen molar-refractivity contribution < 1.29 is 4.79 Å². The number of allylic oxidation sites excluding steroid dienone is 4. The molecular formula is C20H25NO. The van der Waals surface area contributed by atoms with E-state index in [-0.39, 0.29) is 5.78 Å². The Kier molecular flexibility index (Phi) is 10.0. The number of benzene rings is 1. The number of hydrogen-bond acceptors (Lipinski definition) is 2. The smallest absolute Gasteiger partial charge is 0.167 e. The number of ketones is 1. The number of rotatable bonds is 1. The summed E-state index contributed by atoms with van der Waals surface area (Å²) in [4.78, 5) is 12.1. The van der Waals surface area contributed by atoms with Gasteiger partial charge in [0.15, 0.2) is 5.78 Å². The van der Waals surface area contributed by atoms with E-state index >= 15 is 0 Å². The summed E-state index contributed by atoms with van der Waals surface area (Å²) in [5.41, 5.74) is 3.62. The van der Waals surface area contributed by atoms with Crippen LogP contribution in [0, 0.1) is 11.3 Å². The van der Waals surface area contributed by atoms with Crippen molar-refractivity contribution in [2.75, 3.05) is 0 Å². The SMILES string of the molecule is C/C=C(C#N)\C=C1/CCc2ccccc2C(=O)C1.C=C.CC. The Balaban J connectivity index is 0.00000102. The van der Waals surface area contributed by atoms with Crippen LogP contribution in [-0.2, 0) is 6.42 Å². The van der Waals surface area contributed by atoms with Crippen LogP contribution in [0.3, 0.4) is 0 Å². The van der Waals surface area contributed by atoms with Crippen LogP contribution in [0.25, 0.3) is 0 Å². The highest BCUT2D eigenvalue weighted by Crippen LogP contribution is 2.24. The summed E-state index contributed by atoms with van der Waals surface area (Å²) in [5.74, 6) is 0.155. The molecule has 0 saturated heterocycles. The molecule has 0 atom stereocenters. The van der Waals surface area contributed by atoms with Crippen molar-refractivity contribution >= 4 is 5.78 Å². The molecule has 0 amide bonds. The lowest BCUT2D eigenvalue weighted by Gasteiger charge is -2.01. The second-order valence-electron chi connectivity index (χ2n) is 4.42. The molecule has 0 saturated carbocycles. The van der Waals surface area contributed by atoms with E-state index in [1.54, 1.807) is 6.08 Å². The first kappa shape index (κ1) is 19.6. The summed E-state index contributed by atoms with van der Waals surface area (Å²) in [6, 6.07) is 9.90. The van der Waals surface area contributed by atoms with E-state index in [0.29, 0.717) is 12.0 Å². The lowest BCUT2D eigenvalue weighted by Crippen LogP contribution is -2.00. The number of aryl methyl sites for hydroxylation is 1. The molecule has 0 radical (unpaired) electrons. The number of carbonyl (C=O) groups is 1. The molecule has 0 fully saturated rings. The molecule has 1 aliphatic carbocycles. The average Bonchev–Trinajstić information content (AvgIpc) is 2.76. The minimum atomic E-state index is 0.155. The second-order valence-corrected chi connectivity index (χ2v) is 4.42. The van der Waals surface area contributed by atoms with Crippen molar-refractivity contribution in [1.29, 1.82) is 5.26 Å². The number of hydrogen-bond donors (Lipinski definition) is 0. The molecule has 0 N–H and O–H groups in total. The fourth-order valence-electron chi connectivity index (χ4n) is 2.22. The van der Waals surface area contributed by atoms with E-state index in [2.05, 4.69) is 19.2 Å². The zero-order valence-corrected chi connectivity index (χ0v) is 13.9. The normalized spacial score (nSPS) is 15.3. The summed E-state index contributed by atoms with van der Waals surface area (Å²) >= 11 is 0. The molecule has 2 nitrogen and oxygen atoms in total. The van der Waals surface area contributed by atoms with Crippen LogP contribution in [0.15, 0.2) is 60.7 Å². The molecule has 22 heavy (non-hydrogen) atoms. The largest absolute Gasteiger partial charge is 0.294 e. The van der Waals surface area contributed by atoms with Crippen LogP contribution < -0.4 is 0 Å². The Morgan fingerprint density at radius 2 is 1.86 bits per heavy atom. The number of fused-ring (bicyclic) bond motifs is 1. The monoisotopic (exact) mass is 295 g/mol. The Hall–Kier alpha value is -2.40. The third kappa shape index (κ3) is 5.54. The van der Waals surface area contributed by atoms with Crippen molar-refractivity contribution in [3.8, 4) is 6.07 Å². The summed E-state index contributed by atoms with van der Waals surface area (Å²) in [6.07, 6.45) is 5.77. The quantitative estimate of drug-likeness (QED) is 0.394. The van der Waals surface area contributed by atoms with Gasteiger partial charge in [-0.25, -0.2) is 0 Å². The van der Waals surface area contributed by atoms with Gasteiger partial charge in [-0.1, -0.05) is 49.8 Å². The van der Waals surface area contributed by atoms with Gasteiger partial charge in [-0.05, 0) is 31.4 Å². The molecule has 1 aromatic rings. The zero-order chi connectivity index (χ0) is 17.0. The van der Waals surface area contributed by atoms with Gasteiger partial charge in [0, 0.05) is 17.6 Å². The zero-order valence-electron chi connectivity index (χ0n) is 13.9. The fraction of sp³-hybridized carbons (Fsp3) is 0.300. The average molecular weight is 295 g/mol. The molecule has 2 heteroatoms. The van der Waals surface area contributed by atoms with Gasteiger partial charge in [-0.3, -0.25) is 4.79 Å². The highest BCUT2D eigenvalue weighted by molar-refractivity contribution is 5.99. The molecule has 0 aromatic heterocycles. The van der Waals surface area contributed by atoms with Crippen molar-refractivity contribution in [2.24, 2.45) is 0 Å². The Morgan fingerprint density at radius 3 is 2.45 bits per heavy atom. The van der Waals surface area contributed by atoms with Gasteiger partial charge in [0.25, 0.3) is 0 Å². The minimum absolute atomic E-state index is 0.155. The topological polar surface area (TPSA) is 40.9 Å². The molecule has 1 aliphatic rings. The van der Waals surface area contributed by atoms with E-state index in [4.69, 9.17) is 5.26 Å². The summed E-state index contributed by atoms with van der Waals surface area (Å²) < 4.78 is 0. The molecule has 0 spiro atoms. The number of Topliss-reactive ketones (excluding diaryl/α,β-unsaturated/α-hetero) is 1. The maximum atomic E-state index is 12.1. The molecule has 2 rings (SSSR count). The summed E-state index contributed by atoms with van der Waals surface area (Å²) in [6.45, 7) is 11.8. The van der Waals surface area contributed by atoms with Crippen molar-refractivity contribution in [3.05, 3.63) is 71.8 Å². The van der Waals surface area contributed by atoms with E-state index in [1.807, 2.05) is 51.1 Å². The van der Waals surface area contributed by atoms with E-state index in [0.717, 1.165) is 29.5 Å². The van der Waals surface area contributed by atoms with Crippen LogP contribution in [0.5, 0.6) is 0 Å². The second kappa shape index (κ2) is 11.3. The predicted octanol–water partition coefficient (Wildman–Crippen LogP) is 5.43. The van der Waals surface area contributed by atoms with E-state index in [9.17, 15) is 4.79 Å². The van der Waals surface area contributed by atoms with Crippen molar-refractivity contribution in [1.82, 2.24) is 0 Å². The van der Waals surface area contributed by atoms with Gasteiger partial charge >= 0.3 is 0 Å². The molecule has 1 aromatic carbocycles. The third-order valence-corrected chi connectivity index (χ3v) is 3.22. The number of carbonyl (C=O) groups excluding carboxylic acids is 1. The fourth-order valence-corrected chi connectivity index (χ4v) is 2.22. The lowest BCUT2D eigenvalue weighted by molar-refractivity contribution is 0.0993. The molecule has 0 bridgehead atoms. The molecule has 0 unspecified atom stereocenters. The predicted molar refractivity (Wildman–Crippen MR) is 93.8 cm³/mol. The van der Waals surface area contributed by atoms with Gasteiger partial charge < -0.3 is 0 Å². The highest BCUT2D eigenvalue weighted by Gasteiger charge is 2.17. The van der Waals surface area contributed by atoms with Crippen LogP contribution in [0.4, 0.5) is 0 Å². The van der Waals surface area contributed by atoms with Gasteiger partial charge in [0.05, 0.1) is 6.07 Å². The maximum absolute atomic E-state index is 12.1. The molecule has 116 valence electrons. The van der Waals surface area contributed by atoms with Gasteiger partial charge in [0.1, 0.15) is 0 Å². The van der Waals surface area contributed by atoms with Crippen LogP contribution >= 0.6 is 0 Å². The molecule has 0 heterocycles. The van der Waals surface area contributed by atoms with Crippen molar-refractivity contribution in [3.63, 3.8) is 0 Å². The number of nitriles is 1. The first-order valence-electron chi connectivity index (χ1n) is 7.61. The summed E-state index contributed by atoms with van der Waals surface area (Å²) in [5, 5.41) is 8.92. The molecular weight excluding hydrogens is 270 g/mol. The van der Waals surface area contributed by atoms with Crippen LogP contribution in [0.2, 0.25) is 0 Å². The van der Waals surface area contributed by atoms with Crippen molar-refractivity contribution in [2.45, 2.75) is 40.0 Å². The Bertz CT molecular complexity index is 588. The van der Waals surface area contributed by atoms with E-state index < -0.39 is 0 Å². The standard InChI is InChI=1S/C16H15NO.C2H6.C2H4/c1-2-12(11-17)9-13-7-8-14-5-3-4-6-15(14)16(18)10-13;2*1-2/h2-6,9H,7-8,10H2,1H3;1-2H3;1-2H2/b12-2+,13-9+;;. The first-order valence-corrected chi connectivity index (χ1v) is 7.61. The highest BCUT2D eigenvalue weighted by atomic mass is 16.1. The lowest BCUT2D eigenvalue weighted by atomic mass is 10.0. The first-order chi connectivity index (χ1) is 10.7. The van der Waals surface area contributed by atoms with Gasteiger partial charge in [-0.2, -0.15) is 5.26 Å². The molecule has 0 aliphatic heterocycles. The summed E-state index contributed by atoms with van der Waals surface area (Å²) in [7, 11) is 0. The Morgan fingerprint density at radius 1 is 1.23 bits per heavy atom. The Labute approximate surface area is 134 Å². The van der Waals surface area contributed by atoms with Gasteiger partial charge in [0.2, 0.25) is 0 Å². The van der Waals surface area contributed by atoms with Crippen LogP contribution in [-0.4, -0.2) is 5.78 Å². The van der Waals surface area contributed by atoms with Crippen LogP contribution in [0.1, 0.15) is 49.5 Å². The third-order valence-electron chi connectivity index (χ3n) is 3.22. The number of nitrogens with zero attached hydrogens (tertiary/aromatic N) is 1. The van der Waals surface area contributed by atoms with Gasteiger partial charge in [-0.15, -0.1) is 13.2 Å². The maximum Gasteiger partial charge on any atom is 0.167 e. The van der Waals surface area contributed by atoms with E-state index in [1.165, 1.54) is 0 Å².